The zero-order valence-electron chi connectivity index (χ0n) is 16.0. The Morgan fingerprint density at radius 1 is 1.25 bits per heavy atom. The molecule has 28 heavy (non-hydrogen) atoms. The van der Waals surface area contributed by atoms with Gasteiger partial charge in [-0.1, -0.05) is 23.2 Å². The molecule has 0 bridgehead atoms. The molecule has 0 aliphatic carbocycles. The molecule has 10 heteroatoms. The number of nitrogens with zero attached hydrogens (tertiary/aromatic N) is 2. The van der Waals surface area contributed by atoms with Crippen LogP contribution in [0.15, 0.2) is 4.47 Å². The van der Waals surface area contributed by atoms with Crippen LogP contribution in [0.2, 0.25) is 10.0 Å². The normalized spacial score (nSPS) is 19.4. The Labute approximate surface area is 181 Å². The number of carbonyl (C=O) groups is 2. The number of amides is 2. The smallest absolute Gasteiger partial charge is 0.410 e. The van der Waals surface area contributed by atoms with E-state index in [1.807, 2.05) is 20.8 Å². The summed E-state index contributed by atoms with van der Waals surface area (Å²) in [7, 11) is 1.43. The van der Waals surface area contributed by atoms with Gasteiger partial charge in [0.25, 0.3) is 5.91 Å². The zero-order valence-corrected chi connectivity index (χ0v) is 19.1. The van der Waals surface area contributed by atoms with Gasteiger partial charge in [0.15, 0.2) is 11.5 Å². The first-order valence-electron chi connectivity index (χ1n) is 8.71. The van der Waals surface area contributed by atoms with Crippen LogP contribution in [0, 0.1) is 0 Å². The van der Waals surface area contributed by atoms with E-state index in [0.29, 0.717) is 24.1 Å². The van der Waals surface area contributed by atoms with E-state index in [2.05, 4.69) is 15.9 Å². The number of hydrogen-bond donors (Lipinski definition) is 0. The monoisotopic (exact) mass is 494 g/mol. The molecule has 7 nitrogen and oxygen atoms in total. The van der Waals surface area contributed by atoms with Crippen LogP contribution < -0.4 is 9.47 Å². The van der Waals surface area contributed by atoms with Gasteiger partial charge in [-0.05, 0) is 36.7 Å². The zero-order chi connectivity index (χ0) is 20.8. The van der Waals surface area contributed by atoms with Crippen LogP contribution in [0.5, 0.6) is 11.5 Å². The molecule has 0 aromatic heterocycles. The summed E-state index contributed by atoms with van der Waals surface area (Å²) in [6, 6.07) is -0.348. The van der Waals surface area contributed by atoms with E-state index < -0.39 is 11.7 Å². The molecule has 3 rings (SSSR count). The van der Waals surface area contributed by atoms with Gasteiger partial charge in [-0.15, -0.1) is 0 Å². The third-order valence-electron chi connectivity index (χ3n) is 4.47. The van der Waals surface area contributed by atoms with Gasteiger partial charge in [-0.25, -0.2) is 4.79 Å². The highest BCUT2D eigenvalue weighted by Gasteiger charge is 2.41. The summed E-state index contributed by atoms with van der Waals surface area (Å²) >= 11 is 16.0. The van der Waals surface area contributed by atoms with Crippen molar-refractivity contribution in [3.63, 3.8) is 0 Å². The van der Waals surface area contributed by atoms with E-state index in [9.17, 15) is 9.59 Å². The van der Waals surface area contributed by atoms with Crippen LogP contribution in [0.3, 0.4) is 0 Å². The lowest BCUT2D eigenvalue weighted by Crippen LogP contribution is -2.58. The molecule has 1 atom stereocenters. The van der Waals surface area contributed by atoms with Crippen LogP contribution in [0.4, 0.5) is 4.79 Å². The standard InChI is InChI=1S/C18H21BrCl2N2O5/c1-18(2,3)28-17(25)22-5-6-23-9(7-22)8-27-15-10(16(23)24)14(26-4)12(20)11(19)13(15)21/h9H,5-8H2,1-4H3/t9-/m1/s1. The maximum absolute atomic E-state index is 13.3. The van der Waals surface area contributed by atoms with Crippen molar-refractivity contribution in [1.29, 1.82) is 0 Å². The van der Waals surface area contributed by atoms with Gasteiger partial charge in [0.05, 0.1) is 27.7 Å². The summed E-state index contributed by atoms with van der Waals surface area (Å²) in [5.41, 5.74) is -0.404. The van der Waals surface area contributed by atoms with E-state index in [4.69, 9.17) is 37.4 Å². The summed E-state index contributed by atoms with van der Waals surface area (Å²) in [5.74, 6) is 0.126. The Morgan fingerprint density at radius 3 is 2.54 bits per heavy atom. The van der Waals surface area contributed by atoms with Gasteiger partial charge < -0.3 is 24.0 Å². The summed E-state index contributed by atoms with van der Waals surface area (Å²) in [5, 5.41) is 0.409. The second-order valence-corrected chi connectivity index (χ2v) is 9.12. The summed E-state index contributed by atoms with van der Waals surface area (Å²) in [6.07, 6.45) is -0.414. The molecule has 154 valence electrons. The van der Waals surface area contributed by atoms with Gasteiger partial charge >= 0.3 is 6.09 Å². The third kappa shape index (κ3) is 3.86. The first-order valence-corrected chi connectivity index (χ1v) is 10.3. The van der Waals surface area contributed by atoms with Crippen LogP contribution in [-0.4, -0.2) is 66.8 Å². The largest absolute Gasteiger partial charge is 0.494 e. The van der Waals surface area contributed by atoms with E-state index >= 15 is 0 Å². The predicted octanol–water partition coefficient (Wildman–Crippen LogP) is 4.22. The van der Waals surface area contributed by atoms with Crippen molar-refractivity contribution >= 4 is 51.1 Å². The molecule has 2 heterocycles. The number of fused-ring (bicyclic) bond motifs is 2. The Kier molecular flexibility index (Phi) is 5.94. The fourth-order valence-electron chi connectivity index (χ4n) is 3.22. The van der Waals surface area contributed by atoms with Crippen molar-refractivity contribution in [3.05, 3.63) is 20.1 Å². The van der Waals surface area contributed by atoms with Gasteiger partial charge in [0.2, 0.25) is 0 Å². The summed E-state index contributed by atoms with van der Waals surface area (Å²) in [6.45, 7) is 6.59. The summed E-state index contributed by atoms with van der Waals surface area (Å²) in [4.78, 5) is 28.9. The number of halogens is 3. The molecular formula is C18H21BrCl2N2O5. The summed E-state index contributed by atoms with van der Waals surface area (Å²) < 4.78 is 17.1. The van der Waals surface area contributed by atoms with Gasteiger partial charge in [0.1, 0.15) is 17.8 Å². The Morgan fingerprint density at radius 2 is 1.93 bits per heavy atom. The minimum absolute atomic E-state index is 0.176. The lowest BCUT2D eigenvalue weighted by molar-refractivity contribution is 0.000918. The Bertz CT molecular complexity index is 827. The lowest BCUT2D eigenvalue weighted by Gasteiger charge is -2.40. The third-order valence-corrected chi connectivity index (χ3v) is 6.44. The van der Waals surface area contributed by atoms with E-state index in [-0.39, 0.29) is 45.7 Å². The molecule has 1 saturated heterocycles. The number of carbonyl (C=O) groups excluding carboxylic acids is 2. The number of ether oxygens (including phenoxy) is 3. The van der Waals surface area contributed by atoms with Gasteiger partial charge in [0, 0.05) is 19.6 Å². The SMILES string of the molecule is COc1c(Cl)c(Br)c(Cl)c2c1C(=O)N1CCN(C(=O)OC(C)(C)C)C[C@@H]1CO2. The van der Waals surface area contributed by atoms with Gasteiger partial charge in [-0.3, -0.25) is 4.79 Å². The van der Waals surface area contributed by atoms with Crippen molar-refractivity contribution in [2.24, 2.45) is 0 Å². The Hall–Kier alpha value is -1.38. The quantitative estimate of drug-likeness (QED) is 0.545. The maximum Gasteiger partial charge on any atom is 0.410 e. The highest BCUT2D eigenvalue weighted by atomic mass is 79.9. The topological polar surface area (TPSA) is 68.3 Å². The first kappa shape index (κ1) is 21.3. The predicted molar refractivity (Wildman–Crippen MR) is 109 cm³/mol. The number of methoxy groups -OCH3 is 1. The molecule has 0 spiro atoms. The second-order valence-electron chi connectivity index (χ2n) is 7.57. The lowest BCUT2D eigenvalue weighted by atomic mass is 10.1. The number of rotatable bonds is 1. The molecule has 2 aliphatic heterocycles. The van der Waals surface area contributed by atoms with Crippen molar-refractivity contribution in [1.82, 2.24) is 9.80 Å². The van der Waals surface area contributed by atoms with E-state index in [1.165, 1.54) is 7.11 Å². The van der Waals surface area contributed by atoms with Crippen molar-refractivity contribution in [2.45, 2.75) is 32.4 Å². The fraction of sp³-hybridized carbons (Fsp3) is 0.556. The average Bonchev–Trinajstić information content (AvgIpc) is 2.76. The molecule has 1 aromatic carbocycles. The van der Waals surface area contributed by atoms with Crippen molar-refractivity contribution in [3.8, 4) is 11.5 Å². The highest BCUT2D eigenvalue weighted by Crippen LogP contribution is 2.49. The molecule has 2 aliphatic rings. The molecule has 0 unspecified atom stereocenters. The minimum Gasteiger partial charge on any atom is -0.494 e. The average molecular weight is 496 g/mol. The van der Waals surface area contributed by atoms with Crippen LogP contribution in [0.1, 0.15) is 31.1 Å². The Balaban J connectivity index is 1.91. The number of piperazine rings is 1. The van der Waals surface area contributed by atoms with Crippen LogP contribution in [-0.2, 0) is 4.74 Å². The minimum atomic E-state index is -0.593. The molecular weight excluding hydrogens is 475 g/mol. The molecule has 1 aromatic rings. The maximum atomic E-state index is 13.3. The number of benzene rings is 1. The molecule has 1 fully saturated rings. The highest BCUT2D eigenvalue weighted by molar-refractivity contribution is 9.10. The van der Waals surface area contributed by atoms with E-state index in [0.717, 1.165) is 0 Å². The fourth-order valence-corrected chi connectivity index (χ4v) is 4.14. The van der Waals surface area contributed by atoms with Gasteiger partial charge in [-0.2, -0.15) is 0 Å². The second kappa shape index (κ2) is 7.80. The van der Waals surface area contributed by atoms with Crippen molar-refractivity contribution in [2.75, 3.05) is 33.4 Å². The number of hydrogen-bond acceptors (Lipinski definition) is 5. The van der Waals surface area contributed by atoms with Crippen LogP contribution in [0.25, 0.3) is 0 Å². The molecule has 0 saturated carbocycles. The van der Waals surface area contributed by atoms with Crippen molar-refractivity contribution < 1.29 is 23.8 Å². The van der Waals surface area contributed by atoms with E-state index in [1.54, 1.807) is 9.80 Å². The molecule has 0 N–H and O–H groups in total. The molecule has 2 amide bonds. The van der Waals surface area contributed by atoms with Crippen LogP contribution >= 0.6 is 39.1 Å². The molecule has 0 radical (unpaired) electrons. The first-order chi connectivity index (χ1) is 13.0.